The lowest BCUT2D eigenvalue weighted by Crippen LogP contribution is -2.35. The van der Waals surface area contributed by atoms with E-state index in [-0.39, 0.29) is 11.4 Å². The summed E-state index contributed by atoms with van der Waals surface area (Å²) in [4.78, 5) is 32.4. The maximum Gasteiger partial charge on any atom is 0.436 e. The van der Waals surface area contributed by atoms with E-state index in [0.29, 0.717) is 10.5 Å². The molecular formula is C13H19N5O5. The lowest BCUT2D eigenvalue weighted by Gasteiger charge is -2.28. The average Bonchev–Trinajstić information content (AvgIpc) is 2.58. The minimum atomic E-state index is -0.917. The zero-order valence-electron chi connectivity index (χ0n) is 13.0. The molecule has 1 saturated heterocycles. The molecule has 1 aromatic heterocycles. The number of anilines is 2. The fourth-order valence-electron chi connectivity index (χ4n) is 2.20. The lowest BCUT2D eigenvalue weighted by atomic mass is 10.1. The van der Waals surface area contributed by atoms with Gasteiger partial charge in [0, 0.05) is 19.2 Å². The van der Waals surface area contributed by atoms with Crippen LogP contribution in [0.15, 0.2) is 11.1 Å². The molecule has 1 fully saturated rings. The monoisotopic (exact) mass is 325 g/mol. The predicted molar refractivity (Wildman–Crippen MR) is 79.5 cm³/mol. The zero-order valence-corrected chi connectivity index (χ0v) is 13.0. The van der Waals surface area contributed by atoms with E-state index in [0.717, 1.165) is 39.5 Å². The highest BCUT2D eigenvalue weighted by Crippen LogP contribution is 2.19. The van der Waals surface area contributed by atoms with Crippen molar-refractivity contribution in [3.63, 3.8) is 0 Å². The van der Waals surface area contributed by atoms with E-state index in [1.807, 2.05) is 4.90 Å². The third-order valence-electron chi connectivity index (χ3n) is 3.36. The third-order valence-corrected chi connectivity index (χ3v) is 3.36. The van der Waals surface area contributed by atoms with E-state index in [2.05, 4.69) is 24.8 Å². The number of nitrogens with zero attached hydrogens (tertiary/aromatic N) is 4. The van der Waals surface area contributed by atoms with Crippen molar-refractivity contribution >= 4 is 23.8 Å². The van der Waals surface area contributed by atoms with Crippen molar-refractivity contribution in [2.75, 3.05) is 37.5 Å². The van der Waals surface area contributed by atoms with Crippen molar-refractivity contribution < 1.29 is 24.3 Å². The average molecular weight is 325 g/mol. The first-order valence-electron chi connectivity index (χ1n) is 7.11. The van der Waals surface area contributed by atoms with Crippen molar-refractivity contribution in [3.05, 3.63) is 11.7 Å². The standard InChI is InChI=1S/C13H19N5O5/c1-22-12(19)15-10-8-9(17-6-4-3-5-7-17)14-11(18(10)21)16-13(20)23-2/h8,21H,3-7H2,1-2H3,(H,15,19). The van der Waals surface area contributed by atoms with Crippen LogP contribution in [0.3, 0.4) is 0 Å². The quantitative estimate of drug-likeness (QED) is 0.777. The largest absolute Gasteiger partial charge is 0.453 e. The molecule has 23 heavy (non-hydrogen) atoms. The van der Waals surface area contributed by atoms with Gasteiger partial charge in [-0.3, -0.25) is 5.32 Å². The summed E-state index contributed by atoms with van der Waals surface area (Å²) in [5, 5.41) is 12.4. The number of piperidine rings is 1. The van der Waals surface area contributed by atoms with E-state index in [4.69, 9.17) is 0 Å². The minimum Gasteiger partial charge on any atom is -0.453 e. The second-order valence-corrected chi connectivity index (χ2v) is 4.86. The van der Waals surface area contributed by atoms with Crippen molar-refractivity contribution in [3.8, 4) is 0 Å². The number of rotatable bonds is 2. The molecule has 2 amide bonds. The summed E-state index contributed by atoms with van der Waals surface area (Å²) in [6.07, 6.45) is 1.47. The van der Waals surface area contributed by atoms with Crippen molar-refractivity contribution in [1.82, 2.24) is 9.71 Å². The molecule has 10 heteroatoms. The Labute approximate surface area is 132 Å². The molecule has 0 aromatic carbocycles. The first-order chi connectivity index (χ1) is 11.0. The molecule has 1 aliphatic heterocycles. The molecule has 1 aromatic rings. The minimum absolute atomic E-state index is 0.0184. The molecule has 0 spiro atoms. The molecule has 0 radical (unpaired) electrons. The van der Waals surface area contributed by atoms with Gasteiger partial charge in [0.15, 0.2) is 5.82 Å². The van der Waals surface area contributed by atoms with E-state index in [9.17, 15) is 14.8 Å². The molecule has 0 saturated carbocycles. The highest BCUT2D eigenvalue weighted by molar-refractivity contribution is 5.83. The Morgan fingerprint density at radius 1 is 1.26 bits per heavy atom. The molecule has 126 valence electrons. The zero-order chi connectivity index (χ0) is 16.8. The van der Waals surface area contributed by atoms with E-state index in [1.54, 1.807) is 0 Å². The van der Waals surface area contributed by atoms with Gasteiger partial charge in [0.1, 0.15) is 5.82 Å². The van der Waals surface area contributed by atoms with Crippen LogP contribution in [0.1, 0.15) is 19.3 Å². The molecule has 10 nitrogen and oxygen atoms in total. The van der Waals surface area contributed by atoms with Crippen molar-refractivity contribution in [2.45, 2.75) is 19.3 Å². The summed E-state index contributed by atoms with van der Waals surface area (Å²) < 4.78 is 9.43. The van der Waals surface area contributed by atoms with Crippen LogP contribution in [-0.2, 0) is 9.47 Å². The molecule has 1 aliphatic rings. The maximum atomic E-state index is 11.4. The Balaban J connectivity index is 2.47. The summed E-state index contributed by atoms with van der Waals surface area (Å²) in [5.41, 5.74) is -0.300. The smallest absolute Gasteiger partial charge is 0.436 e. The van der Waals surface area contributed by atoms with Gasteiger partial charge in [-0.1, -0.05) is 0 Å². The number of nitrogens with one attached hydrogen (secondary N) is 1. The van der Waals surface area contributed by atoms with Gasteiger partial charge in [0.2, 0.25) is 0 Å². The van der Waals surface area contributed by atoms with Gasteiger partial charge in [-0.15, -0.1) is 9.72 Å². The number of hydrogen-bond acceptors (Lipinski definition) is 7. The van der Waals surface area contributed by atoms with Gasteiger partial charge in [-0.2, -0.15) is 4.98 Å². The number of ether oxygens (including phenoxy) is 2. The fraction of sp³-hybridized carbons (Fsp3) is 0.538. The van der Waals surface area contributed by atoms with Crippen LogP contribution in [0.25, 0.3) is 0 Å². The molecule has 2 rings (SSSR count). The van der Waals surface area contributed by atoms with Crippen LogP contribution in [0.5, 0.6) is 0 Å². The van der Waals surface area contributed by atoms with Gasteiger partial charge < -0.3 is 19.6 Å². The van der Waals surface area contributed by atoms with Crippen LogP contribution in [0.2, 0.25) is 0 Å². The van der Waals surface area contributed by atoms with Crippen LogP contribution < -0.4 is 15.8 Å². The molecule has 2 heterocycles. The highest BCUT2D eigenvalue weighted by Gasteiger charge is 2.17. The number of methoxy groups -OCH3 is 2. The summed E-state index contributed by atoms with van der Waals surface area (Å²) in [6.45, 7) is 1.58. The van der Waals surface area contributed by atoms with Crippen LogP contribution in [0.4, 0.5) is 21.2 Å². The predicted octanol–water partition coefficient (Wildman–Crippen LogP) is 0.956. The normalized spacial score (nSPS) is 15.2. The number of carbonyl (C=O) groups excluding carboxylic acids is 2. The Morgan fingerprint density at radius 2 is 1.96 bits per heavy atom. The molecule has 0 unspecified atom stereocenters. The summed E-state index contributed by atoms with van der Waals surface area (Å²) >= 11 is 0. The second kappa shape index (κ2) is 7.47. The van der Waals surface area contributed by atoms with Gasteiger partial charge in [0.05, 0.1) is 14.2 Å². The highest BCUT2D eigenvalue weighted by atomic mass is 16.5. The molecule has 0 aliphatic carbocycles. The lowest BCUT2D eigenvalue weighted by molar-refractivity contribution is 0.160. The number of aromatic nitrogens is 2. The van der Waals surface area contributed by atoms with Crippen LogP contribution in [0, 0.1) is 0 Å². The molecular weight excluding hydrogens is 306 g/mol. The van der Waals surface area contributed by atoms with Crippen molar-refractivity contribution in [1.29, 1.82) is 0 Å². The molecule has 0 bridgehead atoms. The summed E-state index contributed by atoms with van der Waals surface area (Å²) in [5.74, 6) is 0.471. The van der Waals surface area contributed by atoms with Gasteiger partial charge in [-0.25, -0.2) is 9.59 Å². The molecule has 0 atom stereocenters. The number of amides is 2. The number of carbonyl (C=O) groups is 2. The Hall–Kier alpha value is -2.78. The maximum absolute atomic E-state index is 11.4. The Bertz CT molecular complexity index is 651. The first-order valence-corrected chi connectivity index (χ1v) is 7.11. The van der Waals surface area contributed by atoms with Crippen molar-refractivity contribution in [2.24, 2.45) is 4.99 Å². The SMILES string of the molecule is COC(=O)N=c1nc(N2CCCCC2)cc(NC(=O)OC)n1O. The van der Waals surface area contributed by atoms with Gasteiger partial charge >= 0.3 is 12.2 Å². The van der Waals surface area contributed by atoms with Gasteiger partial charge in [-0.05, 0) is 19.3 Å². The van der Waals surface area contributed by atoms with E-state index < -0.39 is 12.2 Å². The summed E-state index contributed by atoms with van der Waals surface area (Å²) in [7, 11) is 2.36. The molecule has 2 N–H and O–H groups in total. The summed E-state index contributed by atoms with van der Waals surface area (Å²) in [6, 6.07) is 1.48. The second-order valence-electron chi connectivity index (χ2n) is 4.86. The topological polar surface area (TPSA) is 118 Å². The van der Waals surface area contributed by atoms with Crippen LogP contribution >= 0.6 is 0 Å². The Morgan fingerprint density at radius 3 is 2.57 bits per heavy atom. The number of hydrogen-bond donors (Lipinski definition) is 2. The third kappa shape index (κ3) is 4.11. The first kappa shape index (κ1) is 16.6. The van der Waals surface area contributed by atoms with E-state index >= 15 is 0 Å². The Kier molecular flexibility index (Phi) is 5.39. The van der Waals surface area contributed by atoms with E-state index in [1.165, 1.54) is 13.2 Å². The fourth-order valence-corrected chi connectivity index (χ4v) is 2.20. The van der Waals surface area contributed by atoms with Crippen LogP contribution in [-0.4, -0.2) is 54.4 Å². The van der Waals surface area contributed by atoms with Gasteiger partial charge in [0.25, 0.3) is 5.62 Å².